The highest BCUT2D eigenvalue weighted by Gasteiger charge is 2.52. The molecule has 3 rings (SSSR count). The maximum absolute atomic E-state index is 13.2. The van der Waals surface area contributed by atoms with Gasteiger partial charge < -0.3 is 10.6 Å². The molecule has 0 aliphatic carbocycles. The van der Waals surface area contributed by atoms with E-state index in [1.807, 2.05) is 50.2 Å². The second-order valence-corrected chi connectivity index (χ2v) is 7.28. The molecule has 0 bridgehead atoms. The third-order valence-corrected chi connectivity index (χ3v) is 5.08. The number of urea groups is 1. The molecule has 1 aliphatic rings. The van der Waals surface area contributed by atoms with Crippen LogP contribution in [0.1, 0.15) is 30.9 Å². The van der Waals surface area contributed by atoms with Gasteiger partial charge in [0, 0.05) is 0 Å². The first-order valence-corrected chi connectivity index (χ1v) is 9.51. The molecule has 1 saturated heterocycles. The number of hydrogen-bond acceptors (Lipinski definition) is 3. The molecular weight excluding hydrogens is 378 g/mol. The maximum Gasteiger partial charge on any atom is 0.325 e. The molecule has 0 radical (unpaired) electrons. The minimum atomic E-state index is -1.14. The Morgan fingerprint density at radius 3 is 2.54 bits per heavy atom. The van der Waals surface area contributed by atoms with Gasteiger partial charge in [-0.25, -0.2) is 4.79 Å². The zero-order valence-corrected chi connectivity index (χ0v) is 16.5. The first-order chi connectivity index (χ1) is 13.4. The standard InChI is InChI=1S/C21H22ClN3O3/c1-3-11-21(15-7-5-4-6-8-15)19(27)25(20(28)24-21)13-18(26)23-17-10-9-14(2)12-16(17)22/h4-10,12H,3,11,13H2,1-2H3,(H,23,26)(H,24,28). The van der Waals surface area contributed by atoms with Gasteiger partial charge in [-0.15, -0.1) is 0 Å². The van der Waals surface area contributed by atoms with Crippen molar-refractivity contribution in [1.82, 2.24) is 10.2 Å². The minimum absolute atomic E-state index is 0.382. The number of hydrogen-bond donors (Lipinski definition) is 2. The summed E-state index contributed by atoms with van der Waals surface area (Å²) in [7, 11) is 0. The Bertz CT molecular complexity index is 916. The van der Waals surface area contributed by atoms with Crippen molar-refractivity contribution in [2.75, 3.05) is 11.9 Å². The van der Waals surface area contributed by atoms with E-state index in [0.717, 1.165) is 10.5 Å². The van der Waals surface area contributed by atoms with Crippen molar-refractivity contribution in [3.05, 3.63) is 64.7 Å². The first-order valence-electron chi connectivity index (χ1n) is 9.13. The number of halogens is 1. The van der Waals surface area contributed by atoms with Crippen LogP contribution in [0.5, 0.6) is 0 Å². The van der Waals surface area contributed by atoms with Crippen LogP contribution in [-0.2, 0) is 15.1 Å². The van der Waals surface area contributed by atoms with Crippen molar-refractivity contribution < 1.29 is 14.4 Å². The molecule has 28 heavy (non-hydrogen) atoms. The molecule has 0 spiro atoms. The average Bonchev–Trinajstić information content (AvgIpc) is 2.90. The summed E-state index contributed by atoms with van der Waals surface area (Å²) in [6, 6.07) is 13.8. The summed E-state index contributed by atoms with van der Waals surface area (Å²) < 4.78 is 0. The van der Waals surface area contributed by atoms with E-state index in [-0.39, 0.29) is 6.54 Å². The molecule has 1 atom stereocenters. The zero-order valence-electron chi connectivity index (χ0n) is 15.8. The SMILES string of the molecule is CCCC1(c2ccccc2)NC(=O)N(CC(=O)Nc2ccc(C)cc2Cl)C1=O. The Morgan fingerprint density at radius 2 is 1.89 bits per heavy atom. The second kappa shape index (κ2) is 8.02. The lowest BCUT2D eigenvalue weighted by molar-refractivity contribution is -0.134. The van der Waals surface area contributed by atoms with Gasteiger partial charge in [0.1, 0.15) is 12.1 Å². The van der Waals surface area contributed by atoms with Crippen molar-refractivity contribution in [2.45, 2.75) is 32.2 Å². The van der Waals surface area contributed by atoms with Gasteiger partial charge in [0.2, 0.25) is 5.91 Å². The number of amides is 4. The molecular formula is C21H22ClN3O3. The largest absolute Gasteiger partial charge is 0.325 e. The van der Waals surface area contributed by atoms with E-state index >= 15 is 0 Å². The highest BCUT2D eigenvalue weighted by molar-refractivity contribution is 6.33. The third kappa shape index (κ3) is 3.73. The van der Waals surface area contributed by atoms with Crippen LogP contribution in [0.2, 0.25) is 5.02 Å². The summed E-state index contributed by atoms with van der Waals surface area (Å²) in [5, 5.41) is 5.86. The van der Waals surface area contributed by atoms with Crippen LogP contribution in [0.4, 0.5) is 10.5 Å². The Morgan fingerprint density at radius 1 is 1.18 bits per heavy atom. The lowest BCUT2D eigenvalue weighted by Gasteiger charge is -2.26. The highest BCUT2D eigenvalue weighted by Crippen LogP contribution is 2.33. The quantitative estimate of drug-likeness (QED) is 0.724. The molecule has 2 N–H and O–H groups in total. The fourth-order valence-corrected chi connectivity index (χ4v) is 3.71. The Labute approximate surface area is 168 Å². The van der Waals surface area contributed by atoms with Gasteiger partial charge >= 0.3 is 6.03 Å². The number of benzene rings is 2. The molecule has 6 nitrogen and oxygen atoms in total. The third-order valence-electron chi connectivity index (χ3n) is 4.77. The Balaban J connectivity index is 1.80. The van der Waals surface area contributed by atoms with Gasteiger partial charge in [0.25, 0.3) is 5.91 Å². The maximum atomic E-state index is 13.2. The molecule has 0 aromatic heterocycles. The van der Waals surface area contributed by atoms with Gasteiger partial charge in [0.15, 0.2) is 0 Å². The summed E-state index contributed by atoms with van der Waals surface area (Å²) >= 11 is 6.14. The van der Waals surface area contributed by atoms with Gasteiger partial charge in [0.05, 0.1) is 10.7 Å². The van der Waals surface area contributed by atoms with Crippen LogP contribution in [0.3, 0.4) is 0 Å². The molecule has 2 aromatic carbocycles. The number of nitrogens with one attached hydrogen (secondary N) is 2. The summed E-state index contributed by atoms with van der Waals surface area (Å²) in [5.74, 6) is -0.912. The van der Waals surface area contributed by atoms with E-state index < -0.39 is 23.4 Å². The van der Waals surface area contributed by atoms with Crippen LogP contribution in [0.15, 0.2) is 48.5 Å². The normalized spacial score (nSPS) is 18.9. The second-order valence-electron chi connectivity index (χ2n) is 6.87. The first kappa shape index (κ1) is 19.9. The number of rotatable bonds is 6. The summed E-state index contributed by atoms with van der Waals surface area (Å²) in [6.45, 7) is 3.45. The molecule has 2 aromatic rings. The van der Waals surface area contributed by atoms with E-state index in [4.69, 9.17) is 11.6 Å². The van der Waals surface area contributed by atoms with Gasteiger partial charge in [-0.1, -0.05) is 61.3 Å². The Kier molecular flexibility index (Phi) is 5.70. The number of anilines is 1. The van der Waals surface area contributed by atoms with E-state index in [1.54, 1.807) is 12.1 Å². The number of imide groups is 1. The Hall–Kier alpha value is -2.86. The number of carbonyl (C=O) groups is 3. The molecule has 4 amide bonds. The highest BCUT2D eigenvalue weighted by atomic mass is 35.5. The van der Waals surface area contributed by atoms with Crippen molar-refractivity contribution in [2.24, 2.45) is 0 Å². The number of nitrogens with zero attached hydrogens (tertiary/aromatic N) is 1. The van der Waals surface area contributed by atoms with Crippen molar-refractivity contribution in [3.63, 3.8) is 0 Å². The van der Waals surface area contributed by atoms with Crippen molar-refractivity contribution in [3.8, 4) is 0 Å². The fourth-order valence-electron chi connectivity index (χ4n) is 3.43. The van der Waals surface area contributed by atoms with Gasteiger partial charge in [-0.2, -0.15) is 0 Å². The predicted molar refractivity (Wildman–Crippen MR) is 108 cm³/mol. The van der Waals surface area contributed by atoms with Crippen LogP contribution in [0.25, 0.3) is 0 Å². The molecule has 1 heterocycles. The van der Waals surface area contributed by atoms with Crippen molar-refractivity contribution in [1.29, 1.82) is 0 Å². The van der Waals surface area contributed by atoms with Gasteiger partial charge in [-0.3, -0.25) is 14.5 Å². The predicted octanol–water partition coefficient (Wildman–Crippen LogP) is 3.83. The topological polar surface area (TPSA) is 78.5 Å². The van der Waals surface area contributed by atoms with Crippen LogP contribution >= 0.6 is 11.6 Å². The smallest absolute Gasteiger partial charge is 0.323 e. The van der Waals surface area contributed by atoms with Crippen LogP contribution in [-0.4, -0.2) is 29.3 Å². The average molecular weight is 400 g/mol. The van der Waals surface area contributed by atoms with E-state index in [0.29, 0.717) is 29.1 Å². The molecule has 146 valence electrons. The summed E-state index contributed by atoms with van der Waals surface area (Å²) in [5.41, 5.74) is 0.964. The molecule has 1 unspecified atom stereocenters. The van der Waals surface area contributed by atoms with Crippen molar-refractivity contribution >= 4 is 35.1 Å². The summed E-state index contributed by atoms with van der Waals surface area (Å²) in [6.07, 6.45) is 1.14. The number of carbonyl (C=O) groups excluding carboxylic acids is 3. The van der Waals surface area contributed by atoms with Crippen LogP contribution in [0, 0.1) is 6.92 Å². The molecule has 1 aliphatic heterocycles. The number of aryl methyl sites for hydroxylation is 1. The van der Waals surface area contributed by atoms with Crippen LogP contribution < -0.4 is 10.6 Å². The monoisotopic (exact) mass is 399 g/mol. The lowest BCUT2D eigenvalue weighted by atomic mass is 9.85. The van der Waals surface area contributed by atoms with E-state index in [2.05, 4.69) is 10.6 Å². The molecule has 1 fully saturated rings. The fraction of sp³-hybridized carbons (Fsp3) is 0.286. The minimum Gasteiger partial charge on any atom is -0.323 e. The summed E-state index contributed by atoms with van der Waals surface area (Å²) in [4.78, 5) is 39.1. The molecule has 7 heteroatoms. The zero-order chi connectivity index (χ0) is 20.3. The van der Waals surface area contributed by atoms with E-state index in [9.17, 15) is 14.4 Å². The van der Waals surface area contributed by atoms with E-state index in [1.165, 1.54) is 0 Å². The molecule has 0 saturated carbocycles. The van der Waals surface area contributed by atoms with Gasteiger partial charge in [-0.05, 0) is 36.6 Å². The lowest BCUT2D eigenvalue weighted by Crippen LogP contribution is -2.44.